The molecule has 7 nitrogen and oxygen atoms in total. The Morgan fingerprint density at radius 1 is 1.06 bits per heavy atom. The van der Waals surface area contributed by atoms with E-state index in [1.54, 1.807) is 48.8 Å². The lowest BCUT2D eigenvalue weighted by Crippen LogP contribution is -2.38. The Hall–Kier alpha value is -3.29. The molecule has 4 rings (SSSR count). The average molecular weight is 527 g/mol. The van der Waals surface area contributed by atoms with Crippen molar-refractivity contribution in [2.45, 2.75) is 19.3 Å². The Labute approximate surface area is 220 Å². The van der Waals surface area contributed by atoms with E-state index in [1.165, 1.54) is 12.8 Å². The molecule has 1 aromatic heterocycles. The van der Waals surface area contributed by atoms with Crippen LogP contribution in [0, 0.1) is 5.92 Å². The Morgan fingerprint density at radius 2 is 1.81 bits per heavy atom. The summed E-state index contributed by atoms with van der Waals surface area (Å²) in [5.74, 6) is 0.403. The summed E-state index contributed by atoms with van der Waals surface area (Å²) < 4.78 is 5.37. The largest absolute Gasteiger partial charge is 0.495 e. The molecule has 0 saturated carbocycles. The number of hydrogen-bond donors (Lipinski definition) is 2. The first kappa shape index (κ1) is 25.8. The molecule has 3 aromatic rings. The fourth-order valence-electron chi connectivity index (χ4n) is 4.27. The molecule has 2 heterocycles. The minimum absolute atomic E-state index is 0.0633. The molecule has 1 aliphatic heterocycles. The third kappa shape index (κ3) is 6.68. The highest BCUT2D eigenvalue weighted by Gasteiger charge is 2.21. The molecule has 188 valence electrons. The number of piperidine rings is 1. The van der Waals surface area contributed by atoms with Gasteiger partial charge in [0.2, 0.25) is 5.91 Å². The molecule has 36 heavy (non-hydrogen) atoms. The van der Waals surface area contributed by atoms with Crippen molar-refractivity contribution in [1.29, 1.82) is 0 Å². The number of methoxy groups -OCH3 is 1. The van der Waals surface area contributed by atoms with Gasteiger partial charge in [-0.3, -0.25) is 14.6 Å². The maximum atomic E-state index is 12.9. The second kappa shape index (κ2) is 12.1. The summed E-state index contributed by atoms with van der Waals surface area (Å²) in [7, 11) is 1.51. The molecule has 0 aliphatic carbocycles. The van der Waals surface area contributed by atoms with Gasteiger partial charge in [0.25, 0.3) is 5.91 Å². The smallest absolute Gasteiger partial charge is 0.251 e. The summed E-state index contributed by atoms with van der Waals surface area (Å²) in [4.78, 5) is 31.9. The first-order valence-corrected chi connectivity index (χ1v) is 12.5. The minimum Gasteiger partial charge on any atom is -0.495 e. The van der Waals surface area contributed by atoms with Crippen molar-refractivity contribution >= 4 is 46.4 Å². The van der Waals surface area contributed by atoms with E-state index in [0.717, 1.165) is 25.9 Å². The summed E-state index contributed by atoms with van der Waals surface area (Å²) in [6, 6.07) is 14.0. The van der Waals surface area contributed by atoms with Crippen LogP contribution in [-0.4, -0.2) is 43.5 Å². The van der Waals surface area contributed by atoms with Crippen LogP contribution in [-0.2, 0) is 11.2 Å². The first-order valence-electron chi connectivity index (χ1n) is 11.8. The summed E-state index contributed by atoms with van der Waals surface area (Å²) in [6.45, 7) is 2.49. The van der Waals surface area contributed by atoms with E-state index >= 15 is 0 Å². The second-order valence-corrected chi connectivity index (χ2v) is 9.57. The van der Waals surface area contributed by atoms with Gasteiger partial charge in [0.1, 0.15) is 5.75 Å². The van der Waals surface area contributed by atoms with Gasteiger partial charge in [0.05, 0.1) is 19.2 Å². The zero-order chi connectivity index (χ0) is 25.5. The van der Waals surface area contributed by atoms with Crippen LogP contribution in [0.25, 0.3) is 0 Å². The van der Waals surface area contributed by atoms with Gasteiger partial charge in [0.15, 0.2) is 0 Å². The molecule has 0 bridgehead atoms. The predicted octanol–water partition coefficient (Wildman–Crippen LogP) is 5.22. The number of nitrogens with one attached hydrogen (secondary N) is 2. The molecule has 0 atom stereocenters. The highest BCUT2D eigenvalue weighted by Crippen LogP contribution is 2.27. The molecule has 2 amide bonds. The average Bonchev–Trinajstić information content (AvgIpc) is 2.89. The van der Waals surface area contributed by atoms with Crippen LogP contribution in [0.2, 0.25) is 10.0 Å². The number of nitrogens with zero attached hydrogens (tertiary/aromatic N) is 2. The SMILES string of the molecule is COc1ccc(C(=O)NCC2CCN(c3ccncc3)CC2)cc1NC(=O)Cc1ccc(Cl)cc1Cl. The number of pyridine rings is 1. The van der Waals surface area contributed by atoms with Crippen molar-refractivity contribution in [3.05, 3.63) is 82.1 Å². The Bertz CT molecular complexity index is 1210. The Kier molecular flexibility index (Phi) is 8.67. The minimum atomic E-state index is -0.281. The van der Waals surface area contributed by atoms with Gasteiger partial charge in [-0.1, -0.05) is 29.3 Å². The van der Waals surface area contributed by atoms with Crippen LogP contribution in [0.3, 0.4) is 0 Å². The number of carbonyl (C=O) groups excluding carboxylic acids is 2. The highest BCUT2D eigenvalue weighted by molar-refractivity contribution is 6.35. The molecule has 2 aromatic carbocycles. The summed E-state index contributed by atoms with van der Waals surface area (Å²) in [6.07, 6.45) is 5.67. The van der Waals surface area contributed by atoms with Crippen molar-refractivity contribution in [1.82, 2.24) is 10.3 Å². The zero-order valence-electron chi connectivity index (χ0n) is 20.0. The predicted molar refractivity (Wildman–Crippen MR) is 143 cm³/mol. The van der Waals surface area contributed by atoms with Crippen molar-refractivity contribution in [3.63, 3.8) is 0 Å². The maximum Gasteiger partial charge on any atom is 0.251 e. The summed E-state index contributed by atoms with van der Waals surface area (Å²) >= 11 is 12.1. The third-order valence-electron chi connectivity index (χ3n) is 6.30. The number of rotatable bonds is 8. The topological polar surface area (TPSA) is 83.6 Å². The fourth-order valence-corrected chi connectivity index (χ4v) is 4.74. The van der Waals surface area contributed by atoms with Gasteiger partial charge < -0.3 is 20.3 Å². The van der Waals surface area contributed by atoms with Crippen molar-refractivity contribution in [2.24, 2.45) is 5.92 Å². The molecule has 0 spiro atoms. The number of carbonyl (C=O) groups is 2. The normalized spacial score (nSPS) is 13.8. The number of hydrogen-bond acceptors (Lipinski definition) is 5. The van der Waals surface area contributed by atoms with Crippen molar-refractivity contribution in [2.75, 3.05) is 37.0 Å². The zero-order valence-corrected chi connectivity index (χ0v) is 21.5. The molecule has 1 saturated heterocycles. The highest BCUT2D eigenvalue weighted by atomic mass is 35.5. The van der Waals surface area contributed by atoms with E-state index < -0.39 is 0 Å². The lowest BCUT2D eigenvalue weighted by Gasteiger charge is -2.33. The number of benzene rings is 2. The van der Waals surface area contributed by atoms with Crippen LogP contribution < -0.4 is 20.3 Å². The number of halogens is 2. The molecule has 1 aliphatic rings. The number of ether oxygens (including phenoxy) is 1. The van der Waals surface area contributed by atoms with Crippen molar-refractivity contribution < 1.29 is 14.3 Å². The molecule has 0 radical (unpaired) electrons. The first-order chi connectivity index (χ1) is 17.4. The fraction of sp³-hybridized carbons (Fsp3) is 0.296. The monoisotopic (exact) mass is 526 g/mol. The second-order valence-electron chi connectivity index (χ2n) is 8.72. The molecule has 2 N–H and O–H groups in total. The molecular weight excluding hydrogens is 499 g/mol. The lowest BCUT2D eigenvalue weighted by atomic mass is 9.96. The van der Waals surface area contributed by atoms with Crippen molar-refractivity contribution in [3.8, 4) is 5.75 Å². The van der Waals surface area contributed by atoms with Gasteiger partial charge >= 0.3 is 0 Å². The third-order valence-corrected chi connectivity index (χ3v) is 6.88. The van der Waals surface area contributed by atoms with Crippen LogP contribution in [0.4, 0.5) is 11.4 Å². The van der Waals surface area contributed by atoms with Gasteiger partial charge in [-0.2, -0.15) is 0 Å². The molecule has 0 unspecified atom stereocenters. The van der Waals surface area contributed by atoms with Crippen LogP contribution in [0.1, 0.15) is 28.8 Å². The Balaban J connectivity index is 1.32. The molecule has 9 heteroatoms. The maximum absolute atomic E-state index is 12.9. The molecular formula is C27H28Cl2N4O3. The van der Waals surface area contributed by atoms with Crippen LogP contribution >= 0.6 is 23.2 Å². The van der Waals surface area contributed by atoms with E-state index in [9.17, 15) is 9.59 Å². The summed E-state index contributed by atoms with van der Waals surface area (Å²) in [5, 5.41) is 6.79. The van der Waals surface area contributed by atoms with E-state index in [0.29, 0.717) is 45.1 Å². The number of anilines is 2. The van der Waals surface area contributed by atoms with Gasteiger partial charge in [-0.15, -0.1) is 0 Å². The van der Waals surface area contributed by atoms with Crippen LogP contribution in [0.15, 0.2) is 60.9 Å². The quantitative estimate of drug-likeness (QED) is 0.420. The van der Waals surface area contributed by atoms with E-state index in [1.807, 2.05) is 12.1 Å². The van der Waals surface area contributed by atoms with Crippen LogP contribution in [0.5, 0.6) is 5.75 Å². The lowest BCUT2D eigenvalue weighted by molar-refractivity contribution is -0.115. The van der Waals surface area contributed by atoms with Gasteiger partial charge in [-0.05, 0) is 66.8 Å². The summed E-state index contributed by atoms with van der Waals surface area (Å²) in [5.41, 5.74) is 2.70. The van der Waals surface area contributed by atoms with Gasteiger partial charge in [0, 0.05) is 53.3 Å². The number of amides is 2. The number of aromatic nitrogens is 1. The van der Waals surface area contributed by atoms with E-state index in [-0.39, 0.29) is 18.2 Å². The standard InChI is InChI=1S/C27H28Cl2N4O3/c1-36-25-5-3-20(14-24(25)32-26(34)15-19-2-4-21(28)16-23(19)29)27(35)31-17-18-8-12-33(13-9-18)22-6-10-30-11-7-22/h2-7,10-11,14,16,18H,8-9,12-13,15,17H2,1H3,(H,31,35)(H,32,34). The Morgan fingerprint density at radius 3 is 2.50 bits per heavy atom. The molecule has 1 fully saturated rings. The van der Waals surface area contributed by atoms with E-state index in [4.69, 9.17) is 27.9 Å². The van der Waals surface area contributed by atoms with E-state index in [2.05, 4.69) is 20.5 Å². The van der Waals surface area contributed by atoms with Gasteiger partial charge in [-0.25, -0.2) is 0 Å².